The molecule has 2 rings (SSSR count). The molecule has 1 N–H and O–H groups in total. The van der Waals surface area contributed by atoms with Crippen molar-refractivity contribution in [3.05, 3.63) is 34.7 Å². The number of thiazole rings is 1. The van der Waals surface area contributed by atoms with Crippen LogP contribution in [0.1, 0.15) is 22.0 Å². The first-order chi connectivity index (χ1) is 7.13. The monoisotopic (exact) mass is 218 g/mol. The van der Waals surface area contributed by atoms with Crippen LogP contribution in [0.4, 0.5) is 0 Å². The Morgan fingerprint density at radius 1 is 1.40 bits per heavy atom. The predicted molar refractivity (Wildman–Crippen MR) is 66.2 cm³/mol. The fraction of sp³-hybridized carbons (Fsp3) is 0.250. The Bertz CT molecular complexity index is 506. The van der Waals surface area contributed by atoms with Crippen molar-refractivity contribution < 1.29 is 0 Å². The van der Waals surface area contributed by atoms with Crippen LogP contribution in [0.3, 0.4) is 0 Å². The summed E-state index contributed by atoms with van der Waals surface area (Å²) in [7, 11) is 0. The van der Waals surface area contributed by atoms with E-state index in [1.165, 1.54) is 16.0 Å². The summed E-state index contributed by atoms with van der Waals surface area (Å²) in [6.07, 6.45) is 3.88. The minimum Gasteiger partial charge on any atom is -0.361 e. The second-order valence-electron chi connectivity index (χ2n) is 3.59. The minimum absolute atomic E-state index is 1.09. The lowest BCUT2D eigenvalue weighted by atomic mass is 10.1. The maximum atomic E-state index is 4.44. The lowest BCUT2D eigenvalue weighted by Crippen LogP contribution is -1.79. The third kappa shape index (κ3) is 1.63. The maximum Gasteiger partial charge on any atom is 0.0903 e. The molecule has 78 valence electrons. The highest BCUT2D eigenvalue weighted by Crippen LogP contribution is 2.33. The molecule has 2 aromatic rings. The lowest BCUT2D eigenvalue weighted by molar-refractivity contribution is 1.20. The van der Waals surface area contributed by atoms with E-state index in [1.54, 1.807) is 11.3 Å². The number of aromatic nitrogens is 2. The number of rotatable bonds is 2. The van der Waals surface area contributed by atoms with Gasteiger partial charge in [0.25, 0.3) is 0 Å². The molecule has 0 saturated heterocycles. The summed E-state index contributed by atoms with van der Waals surface area (Å²) in [6.45, 7) is 9.99. The molecule has 0 saturated carbocycles. The first-order valence-corrected chi connectivity index (χ1v) is 5.70. The Morgan fingerprint density at radius 2 is 2.13 bits per heavy atom. The van der Waals surface area contributed by atoms with E-state index in [0.29, 0.717) is 0 Å². The van der Waals surface area contributed by atoms with Crippen LogP contribution in [0.2, 0.25) is 0 Å². The van der Waals surface area contributed by atoms with Crippen molar-refractivity contribution in [2.24, 2.45) is 0 Å². The van der Waals surface area contributed by atoms with E-state index >= 15 is 0 Å². The molecule has 0 aliphatic carbocycles. The first kappa shape index (κ1) is 10.2. The summed E-state index contributed by atoms with van der Waals surface area (Å²) in [5, 5.41) is 1.11. The average molecular weight is 218 g/mol. The van der Waals surface area contributed by atoms with E-state index in [9.17, 15) is 0 Å². The van der Waals surface area contributed by atoms with Gasteiger partial charge in [0.1, 0.15) is 0 Å². The van der Waals surface area contributed by atoms with Gasteiger partial charge in [0.15, 0.2) is 0 Å². The fourth-order valence-electron chi connectivity index (χ4n) is 1.74. The molecule has 2 nitrogen and oxygen atoms in total. The van der Waals surface area contributed by atoms with Crippen molar-refractivity contribution in [3.63, 3.8) is 0 Å². The van der Waals surface area contributed by atoms with Gasteiger partial charge in [-0.25, -0.2) is 4.98 Å². The highest BCUT2D eigenvalue weighted by Gasteiger charge is 2.12. The largest absolute Gasteiger partial charge is 0.361 e. The topological polar surface area (TPSA) is 28.7 Å². The molecular formula is C12H14N2S. The van der Waals surface area contributed by atoms with Crippen molar-refractivity contribution in [3.8, 4) is 10.4 Å². The zero-order valence-electron chi connectivity index (χ0n) is 9.22. The second-order valence-corrected chi connectivity index (χ2v) is 4.80. The van der Waals surface area contributed by atoms with Crippen LogP contribution in [0, 0.1) is 20.8 Å². The summed E-state index contributed by atoms with van der Waals surface area (Å²) in [6, 6.07) is 0. The highest BCUT2D eigenvalue weighted by atomic mass is 32.1. The van der Waals surface area contributed by atoms with Crippen LogP contribution in [0.25, 0.3) is 16.5 Å². The number of aromatic amines is 1. The normalized spacial score (nSPS) is 10.6. The van der Waals surface area contributed by atoms with Gasteiger partial charge in [-0.15, -0.1) is 11.3 Å². The van der Waals surface area contributed by atoms with Crippen molar-refractivity contribution >= 4 is 17.4 Å². The van der Waals surface area contributed by atoms with E-state index < -0.39 is 0 Å². The number of nitrogens with zero attached hydrogens (tertiary/aromatic N) is 1. The SMILES string of the molecule is C=Cc1[nH]cc(-c2sc(C)nc2C)c1C. The Balaban J connectivity index is 2.58. The highest BCUT2D eigenvalue weighted by molar-refractivity contribution is 7.15. The van der Waals surface area contributed by atoms with Gasteiger partial charge >= 0.3 is 0 Å². The lowest BCUT2D eigenvalue weighted by Gasteiger charge is -1.97. The molecule has 3 heteroatoms. The quantitative estimate of drug-likeness (QED) is 0.818. The van der Waals surface area contributed by atoms with E-state index in [-0.39, 0.29) is 0 Å². The van der Waals surface area contributed by atoms with Gasteiger partial charge < -0.3 is 4.98 Å². The molecule has 0 fully saturated rings. The van der Waals surface area contributed by atoms with Gasteiger partial charge in [-0.3, -0.25) is 0 Å². The van der Waals surface area contributed by atoms with Crippen LogP contribution in [-0.2, 0) is 0 Å². The third-order valence-corrected chi connectivity index (χ3v) is 3.64. The van der Waals surface area contributed by atoms with E-state index in [0.717, 1.165) is 16.4 Å². The molecule has 0 bridgehead atoms. The molecule has 0 aliphatic heterocycles. The second kappa shape index (κ2) is 3.66. The molecule has 0 radical (unpaired) electrons. The van der Waals surface area contributed by atoms with E-state index in [2.05, 4.69) is 30.4 Å². The van der Waals surface area contributed by atoms with E-state index in [1.807, 2.05) is 19.2 Å². The van der Waals surface area contributed by atoms with E-state index in [4.69, 9.17) is 0 Å². The smallest absolute Gasteiger partial charge is 0.0903 e. The molecule has 0 unspecified atom stereocenters. The number of nitrogens with one attached hydrogen (secondary N) is 1. The Labute approximate surface area is 93.7 Å². The number of aryl methyl sites for hydroxylation is 2. The standard InChI is InChI=1S/C12H14N2S/c1-5-11-7(2)10(6-13-11)12-8(3)14-9(4)15-12/h5-6,13H,1H2,2-4H3. The summed E-state index contributed by atoms with van der Waals surface area (Å²) >= 11 is 1.74. The van der Waals surface area contributed by atoms with Crippen LogP contribution >= 0.6 is 11.3 Å². The summed E-state index contributed by atoms with van der Waals surface area (Å²) in [4.78, 5) is 8.92. The summed E-state index contributed by atoms with van der Waals surface area (Å²) < 4.78 is 0. The Hall–Kier alpha value is -1.35. The molecule has 0 atom stereocenters. The molecule has 15 heavy (non-hydrogen) atoms. The molecule has 2 heterocycles. The van der Waals surface area contributed by atoms with Crippen LogP contribution in [-0.4, -0.2) is 9.97 Å². The molecule has 2 aromatic heterocycles. The molecule has 0 amide bonds. The van der Waals surface area contributed by atoms with Gasteiger partial charge in [0.2, 0.25) is 0 Å². The number of hydrogen-bond acceptors (Lipinski definition) is 2. The van der Waals surface area contributed by atoms with Gasteiger partial charge in [0, 0.05) is 17.5 Å². The Kier molecular flexibility index (Phi) is 2.49. The van der Waals surface area contributed by atoms with Gasteiger partial charge in [-0.2, -0.15) is 0 Å². The molecular weight excluding hydrogens is 204 g/mol. The number of H-pyrrole nitrogens is 1. The van der Waals surface area contributed by atoms with Gasteiger partial charge in [-0.05, 0) is 32.4 Å². The third-order valence-electron chi connectivity index (χ3n) is 2.53. The van der Waals surface area contributed by atoms with Gasteiger partial charge in [-0.1, -0.05) is 6.58 Å². The maximum absolute atomic E-state index is 4.44. The summed E-state index contributed by atoms with van der Waals surface area (Å²) in [5.74, 6) is 0. The minimum atomic E-state index is 1.09. The zero-order chi connectivity index (χ0) is 11.0. The first-order valence-electron chi connectivity index (χ1n) is 4.88. The van der Waals surface area contributed by atoms with Gasteiger partial charge in [0.05, 0.1) is 15.6 Å². The van der Waals surface area contributed by atoms with Crippen molar-refractivity contribution in [2.45, 2.75) is 20.8 Å². The van der Waals surface area contributed by atoms with Crippen molar-refractivity contribution in [1.29, 1.82) is 0 Å². The fourth-order valence-corrected chi connectivity index (χ4v) is 2.73. The molecule has 0 aromatic carbocycles. The summed E-state index contributed by atoms with van der Waals surface area (Å²) in [5.41, 5.74) is 4.69. The number of hydrogen-bond donors (Lipinski definition) is 1. The average Bonchev–Trinajstić information content (AvgIpc) is 2.69. The van der Waals surface area contributed by atoms with Crippen LogP contribution in [0.5, 0.6) is 0 Å². The molecule has 0 aliphatic rings. The predicted octanol–water partition coefficient (Wildman–Crippen LogP) is 3.71. The van der Waals surface area contributed by atoms with Crippen LogP contribution in [0.15, 0.2) is 12.8 Å². The van der Waals surface area contributed by atoms with Crippen LogP contribution < -0.4 is 0 Å². The van der Waals surface area contributed by atoms with Crippen molar-refractivity contribution in [2.75, 3.05) is 0 Å². The Morgan fingerprint density at radius 3 is 2.60 bits per heavy atom. The molecule has 0 spiro atoms. The zero-order valence-corrected chi connectivity index (χ0v) is 10.0. The van der Waals surface area contributed by atoms with Crippen molar-refractivity contribution in [1.82, 2.24) is 9.97 Å².